The molecule has 0 aliphatic heterocycles. The van der Waals surface area contributed by atoms with E-state index < -0.39 is 5.82 Å². The summed E-state index contributed by atoms with van der Waals surface area (Å²) < 4.78 is 13.8. The van der Waals surface area contributed by atoms with Gasteiger partial charge in [0.25, 0.3) is 0 Å². The van der Waals surface area contributed by atoms with E-state index in [1.165, 1.54) is 6.07 Å². The van der Waals surface area contributed by atoms with Gasteiger partial charge in [0.15, 0.2) is 0 Å². The Morgan fingerprint density at radius 1 is 1.40 bits per heavy atom. The van der Waals surface area contributed by atoms with Crippen molar-refractivity contribution in [1.29, 1.82) is 0 Å². The van der Waals surface area contributed by atoms with Crippen LogP contribution in [0, 0.1) is 11.7 Å². The van der Waals surface area contributed by atoms with Crippen LogP contribution < -0.4 is 11.1 Å². The molecular weight excluding hydrogens is 259 g/mol. The van der Waals surface area contributed by atoms with Gasteiger partial charge in [-0.1, -0.05) is 6.07 Å². The van der Waals surface area contributed by atoms with Crippen LogP contribution in [0.25, 0.3) is 0 Å². The molecule has 4 N–H and O–H groups in total. The number of amides is 1. The van der Waals surface area contributed by atoms with E-state index in [0.717, 1.165) is 31.7 Å². The highest BCUT2D eigenvalue weighted by atomic mass is 19.1. The third-order valence-electron chi connectivity index (χ3n) is 4.07. The Morgan fingerprint density at radius 2 is 2.05 bits per heavy atom. The molecule has 0 heterocycles. The molecule has 1 atom stereocenters. The Kier molecular flexibility index (Phi) is 4.60. The fourth-order valence-electron chi connectivity index (χ4n) is 2.86. The molecule has 1 aromatic rings. The lowest BCUT2D eigenvalue weighted by atomic mass is 9.85. The number of phenols is 1. The summed E-state index contributed by atoms with van der Waals surface area (Å²) in [4.78, 5) is 11.1. The molecule has 0 saturated heterocycles. The van der Waals surface area contributed by atoms with Gasteiger partial charge in [-0.15, -0.1) is 0 Å². The van der Waals surface area contributed by atoms with Crippen LogP contribution in [0.1, 0.15) is 44.2 Å². The topological polar surface area (TPSA) is 75.3 Å². The van der Waals surface area contributed by atoms with E-state index in [0.29, 0.717) is 5.56 Å². The fourth-order valence-corrected chi connectivity index (χ4v) is 2.86. The molecule has 1 aliphatic rings. The molecule has 20 heavy (non-hydrogen) atoms. The summed E-state index contributed by atoms with van der Waals surface area (Å²) in [5, 5.41) is 12.6. The number of phenolic OH excluding ortho intramolecular Hbond substituents is 1. The maximum absolute atomic E-state index is 13.8. The molecule has 1 aliphatic carbocycles. The minimum atomic E-state index is -0.407. The van der Waals surface area contributed by atoms with Crippen molar-refractivity contribution in [1.82, 2.24) is 5.32 Å². The second-order valence-corrected chi connectivity index (χ2v) is 5.55. The summed E-state index contributed by atoms with van der Waals surface area (Å²) in [6, 6.07) is 4.34. The second kappa shape index (κ2) is 6.22. The average Bonchev–Trinajstić information content (AvgIpc) is 2.39. The van der Waals surface area contributed by atoms with Crippen LogP contribution in [0.3, 0.4) is 0 Å². The van der Waals surface area contributed by atoms with Crippen LogP contribution >= 0.6 is 0 Å². The summed E-state index contributed by atoms with van der Waals surface area (Å²) in [5.41, 5.74) is 5.85. The molecule has 2 rings (SSSR count). The van der Waals surface area contributed by atoms with Gasteiger partial charge in [0.2, 0.25) is 5.91 Å². The van der Waals surface area contributed by atoms with E-state index in [1.54, 1.807) is 6.07 Å². The van der Waals surface area contributed by atoms with Crippen LogP contribution in [0.4, 0.5) is 4.39 Å². The quantitative estimate of drug-likeness (QED) is 0.791. The first kappa shape index (κ1) is 14.8. The van der Waals surface area contributed by atoms with Gasteiger partial charge in [-0.2, -0.15) is 0 Å². The highest BCUT2D eigenvalue weighted by Gasteiger charge is 2.26. The summed E-state index contributed by atoms with van der Waals surface area (Å²) in [6.07, 6.45) is 3.32. The number of carbonyl (C=O) groups is 1. The van der Waals surface area contributed by atoms with Crippen molar-refractivity contribution in [2.24, 2.45) is 11.7 Å². The molecule has 0 bridgehead atoms. The number of nitrogens with one attached hydrogen (secondary N) is 1. The molecule has 1 fully saturated rings. The molecule has 0 spiro atoms. The van der Waals surface area contributed by atoms with Gasteiger partial charge in [-0.3, -0.25) is 4.79 Å². The first-order valence-electron chi connectivity index (χ1n) is 7.01. The second-order valence-electron chi connectivity index (χ2n) is 5.55. The van der Waals surface area contributed by atoms with Crippen molar-refractivity contribution in [2.75, 3.05) is 0 Å². The van der Waals surface area contributed by atoms with Gasteiger partial charge in [0.1, 0.15) is 11.6 Å². The van der Waals surface area contributed by atoms with Crippen LogP contribution in [0.15, 0.2) is 18.2 Å². The lowest BCUT2D eigenvalue weighted by Crippen LogP contribution is -2.38. The van der Waals surface area contributed by atoms with Crippen molar-refractivity contribution in [2.45, 2.75) is 44.7 Å². The van der Waals surface area contributed by atoms with Gasteiger partial charge in [0.05, 0.1) is 0 Å². The van der Waals surface area contributed by atoms with Crippen molar-refractivity contribution in [3.8, 4) is 5.75 Å². The predicted octanol–water partition coefficient (Wildman–Crippen LogP) is 2.23. The normalized spacial score (nSPS) is 24.3. The molecule has 0 aromatic heterocycles. The maximum Gasteiger partial charge on any atom is 0.220 e. The summed E-state index contributed by atoms with van der Waals surface area (Å²) in [6.45, 7) is 1.90. The minimum absolute atomic E-state index is 0.0197. The minimum Gasteiger partial charge on any atom is -0.508 e. The molecule has 1 aromatic carbocycles. The van der Waals surface area contributed by atoms with E-state index >= 15 is 0 Å². The van der Waals surface area contributed by atoms with Crippen LogP contribution in [-0.2, 0) is 4.79 Å². The van der Waals surface area contributed by atoms with Gasteiger partial charge >= 0.3 is 0 Å². The zero-order chi connectivity index (χ0) is 14.7. The monoisotopic (exact) mass is 280 g/mol. The fraction of sp³-hybridized carbons (Fsp3) is 0.533. The number of primary amides is 1. The third-order valence-corrected chi connectivity index (χ3v) is 4.07. The number of halogens is 1. The molecule has 4 nitrogen and oxygen atoms in total. The van der Waals surface area contributed by atoms with Crippen molar-refractivity contribution in [3.63, 3.8) is 0 Å². The first-order valence-corrected chi connectivity index (χ1v) is 7.01. The highest BCUT2D eigenvalue weighted by molar-refractivity contribution is 5.76. The molecule has 1 amide bonds. The zero-order valence-corrected chi connectivity index (χ0v) is 11.6. The van der Waals surface area contributed by atoms with Gasteiger partial charge in [-0.05, 0) is 38.7 Å². The maximum atomic E-state index is 13.8. The largest absolute Gasteiger partial charge is 0.508 e. The molecule has 110 valence electrons. The summed E-state index contributed by atoms with van der Waals surface area (Å²) >= 11 is 0. The van der Waals surface area contributed by atoms with E-state index in [1.807, 2.05) is 6.92 Å². The van der Waals surface area contributed by atoms with Crippen molar-refractivity contribution >= 4 is 5.91 Å². The Hall–Kier alpha value is -1.62. The van der Waals surface area contributed by atoms with Crippen LogP contribution in [0.5, 0.6) is 5.75 Å². The van der Waals surface area contributed by atoms with Gasteiger partial charge < -0.3 is 16.2 Å². The first-order chi connectivity index (χ1) is 9.47. The van der Waals surface area contributed by atoms with E-state index in [2.05, 4.69) is 5.32 Å². The lowest BCUT2D eigenvalue weighted by Gasteiger charge is -2.30. The molecule has 0 radical (unpaired) electrons. The van der Waals surface area contributed by atoms with Crippen molar-refractivity contribution < 1.29 is 14.3 Å². The Labute approximate surface area is 118 Å². The predicted molar refractivity (Wildman–Crippen MR) is 74.6 cm³/mol. The number of aromatic hydroxyl groups is 1. The number of hydrogen-bond acceptors (Lipinski definition) is 3. The van der Waals surface area contributed by atoms with Gasteiger partial charge in [-0.25, -0.2) is 4.39 Å². The van der Waals surface area contributed by atoms with E-state index in [4.69, 9.17) is 5.73 Å². The lowest BCUT2D eigenvalue weighted by molar-refractivity contribution is -0.122. The van der Waals surface area contributed by atoms with E-state index in [9.17, 15) is 14.3 Å². The number of rotatable bonds is 4. The van der Waals surface area contributed by atoms with Gasteiger partial charge in [0, 0.05) is 29.6 Å². The molecule has 5 heteroatoms. The Morgan fingerprint density at radius 3 is 2.60 bits per heavy atom. The number of hydrogen-bond donors (Lipinski definition) is 3. The molecular formula is C15H21FN2O2. The van der Waals surface area contributed by atoms with E-state index in [-0.39, 0.29) is 29.7 Å². The SMILES string of the molecule is CC(NC1CCC(C(N)=O)CC1)c1ccc(O)cc1F. The third kappa shape index (κ3) is 3.48. The number of carbonyl (C=O) groups excluding carboxylic acids is 1. The average molecular weight is 280 g/mol. The Balaban J connectivity index is 1.92. The number of benzene rings is 1. The highest BCUT2D eigenvalue weighted by Crippen LogP contribution is 2.27. The summed E-state index contributed by atoms with van der Waals surface area (Å²) in [5.74, 6) is -0.717. The Bertz CT molecular complexity index is 485. The summed E-state index contributed by atoms with van der Waals surface area (Å²) in [7, 11) is 0. The van der Waals surface area contributed by atoms with Crippen LogP contribution in [-0.4, -0.2) is 17.1 Å². The molecule has 1 saturated carbocycles. The standard InChI is InChI=1S/C15H21FN2O2/c1-9(13-7-6-12(19)8-14(13)16)18-11-4-2-10(3-5-11)15(17)20/h6-11,18-19H,2-5H2,1H3,(H2,17,20). The smallest absolute Gasteiger partial charge is 0.220 e. The molecule has 1 unspecified atom stereocenters. The number of nitrogens with two attached hydrogens (primary N) is 1. The van der Waals surface area contributed by atoms with Crippen molar-refractivity contribution in [3.05, 3.63) is 29.6 Å². The zero-order valence-electron chi connectivity index (χ0n) is 11.6. The van der Waals surface area contributed by atoms with Crippen LogP contribution in [0.2, 0.25) is 0 Å².